The first-order valence-electron chi connectivity index (χ1n) is 6.22. The van der Waals surface area contributed by atoms with E-state index in [1.807, 2.05) is 12.1 Å². The van der Waals surface area contributed by atoms with Crippen LogP contribution in [0.3, 0.4) is 0 Å². The van der Waals surface area contributed by atoms with Gasteiger partial charge in [-0.15, -0.1) is 0 Å². The number of nitrogens with two attached hydrogens (primary N) is 1. The number of benzene rings is 2. The summed E-state index contributed by atoms with van der Waals surface area (Å²) >= 11 is 0. The average Bonchev–Trinajstić information content (AvgIpc) is 2.44. The summed E-state index contributed by atoms with van der Waals surface area (Å²) in [6.45, 7) is 0.582. The molecular weight excluding hydrogens is 256 g/mol. The van der Waals surface area contributed by atoms with Gasteiger partial charge in [-0.2, -0.15) is 0 Å². The highest BCUT2D eigenvalue weighted by Gasteiger charge is 2.09. The molecule has 0 heterocycles. The quantitative estimate of drug-likeness (QED) is 0.639. The topological polar surface area (TPSA) is 95.6 Å². The Bertz CT molecular complexity index is 609. The highest BCUT2D eigenvalue weighted by molar-refractivity contribution is 6.04. The van der Waals surface area contributed by atoms with Crippen LogP contribution in [0.2, 0.25) is 0 Å². The monoisotopic (exact) mass is 272 g/mol. The van der Waals surface area contributed by atoms with Crippen molar-refractivity contribution >= 4 is 11.6 Å². The molecule has 0 atom stereocenters. The molecule has 0 radical (unpaired) electrons. The Morgan fingerprint density at radius 3 is 2.35 bits per heavy atom. The SMILES string of the molecule is NCCc1ccc(NC(=O)c2ccc(O)c(O)c2)cc1. The molecule has 20 heavy (non-hydrogen) atoms. The largest absolute Gasteiger partial charge is 0.504 e. The normalized spacial score (nSPS) is 10.2. The maximum Gasteiger partial charge on any atom is 0.255 e. The van der Waals surface area contributed by atoms with Crippen molar-refractivity contribution in [2.75, 3.05) is 11.9 Å². The molecule has 2 aromatic rings. The summed E-state index contributed by atoms with van der Waals surface area (Å²) in [5.41, 5.74) is 7.50. The Balaban J connectivity index is 2.08. The van der Waals surface area contributed by atoms with E-state index in [9.17, 15) is 15.0 Å². The number of carbonyl (C=O) groups excluding carboxylic acids is 1. The number of hydrogen-bond donors (Lipinski definition) is 4. The lowest BCUT2D eigenvalue weighted by Crippen LogP contribution is -2.11. The predicted molar refractivity (Wildman–Crippen MR) is 76.9 cm³/mol. The van der Waals surface area contributed by atoms with Gasteiger partial charge in [-0.3, -0.25) is 4.79 Å². The number of rotatable bonds is 4. The summed E-state index contributed by atoms with van der Waals surface area (Å²) in [4.78, 5) is 12.0. The first kappa shape index (κ1) is 13.9. The van der Waals surface area contributed by atoms with Gasteiger partial charge in [-0.1, -0.05) is 12.1 Å². The molecule has 0 aliphatic rings. The Hall–Kier alpha value is -2.53. The summed E-state index contributed by atoms with van der Waals surface area (Å²) < 4.78 is 0. The van der Waals surface area contributed by atoms with Crippen molar-refractivity contribution in [2.24, 2.45) is 5.73 Å². The van der Waals surface area contributed by atoms with Gasteiger partial charge in [0.15, 0.2) is 11.5 Å². The molecule has 5 heteroatoms. The van der Waals surface area contributed by atoms with Crippen LogP contribution in [0.1, 0.15) is 15.9 Å². The zero-order valence-corrected chi connectivity index (χ0v) is 10.8. The third-order valence-corrected chi connectivity index (χ3v) is 2.88. The molecule has 0 aromatic heterocycles. The standard InChI is InChI=1S/C15H16N2O3/c16-8-7-10-1-4-12(5-2-10)17-15(20)11-3-6-13(18)14(19)9-11/h1-6,9,18-19H,7-8,16H2,(H,17,20). The Kier molecular flexibility index (Phi) is 4.22. The van der Waals surface area contributed by atoms with Crippen molar-refractivity contribution < 1.29 is 15.0 Å². The van der Waals surface area contributed by atoms with Crippen LogP contribution >= 0.6 is 0 Å². The van der Waals surface area contributed by atoms with Crippen molar-refractivity contribution in [3.8, 4) is 11.5 Å². The third-order valence-electron chi connectivity index (χ3n) is 2.88. The van der Waals surface area contributed by atoms with Crippen LogP contribution < -0.4 is 11.1 Å². The molecule has 2 rings (SSSR count). The maximum absolute atomic E-state index is 12.0. The fourth-order valence-corrected chi connectivity index (χ4v) is 1.79. The molecule has 0 aliphatic carbocycles. The second-order valence-electron chi connectivity index (χ2n) is 4.39. The fourth-order valence-electron chi connectivity index (χ4n) is 1.79. The van der Waals surface area contributed by atoms with E-state index < -0.39 is 0 Å². The Labute approximate surface area is 116 Å². The van der Waals surface area contributed by atoms with Gasteiger partial charge in [-0.05, 0) is 48.9 Å². The molecule has 0 aliphatic heterocycles. The number of phenols is 2. The van der Waals surface area contributed by atoms with E-state index in [1.165, 1.54) is 18.2 Å². The Morgan fingerprint density at radius 1 is 1.05 bits per heavy atom. The number of phenolic OH excluding ortho intramolecular Hbond substituents is 2. The molecule has 0 fully saturated rings. The number of aromatic hydroxyl groups is 2. The minimum Gasteiger partial charge on any atom is -0.504 e. The number of amides is 1. The molecule has 104 valence electrons. The van der Waals surface area contributed by atoms with Crippen LogP contribution in [-0.4, -0.2) is 22.7 Å². The summed E-state index contributed by atoms with van der Waals surface area (Å²) in [7, 11) is 0. The lowest BCUT2D eigenvalue weighted by atomic mass is 10.1. The lowest BCUT2D eigenvalue weighted by molar-refractivity contribution is 0.102. The first-order valence-corrected chi connectivity index (χ1v) is 6.22. The molecule has 1 amide bonds. The zero-order valence-electron chi connectivity index (χ0n) is 10.8. The van der Waals surface area contributed by atoms with Crippen molar-refractivity contribution in [1.29, 1.82) is 0 Å². The van der Waals surface area contributed by atoms with E-state index in [2.05, 4.69) is 5.32 Å². The number of nitrogens with one attached hydrogen (secondary N) is 1. The van der Waals surface area contributed by atoms with Crippen LogP contribution in [0.25, 0.3) is 0 Å². The van der Waals surface area contributed by atoms with Crippen LogP contribution in [0.4, 0.5) is 5.69 Å². The number of carbonyl (C=O) groups is 1. The minimum atomic E-state index is -0.355. The predicted octanol–water partition coefficient (Wildman–Crippen LogP) is 1.85. The van der Waals surface area contributed by atoms with Gasteiger partial charge in [0.2, 0.25) is 0 Å². The molecule has 0 spiro atoms. The molecule has 0 saturated heterocycles. The van der Waals surface area contributed by atoms with Crippen molar-refractivity contribution in [1.82, 2.24) is 0 Å². The molecule has 0 saturated carbocycles. The van der Waals surface area contributed by atoms with E-state index in [1.54, 1.807) is 12.1 Å². The highest BCUT2D eigenvalue weighted by atomic mass is 16.3. The average molecular weight is 272 g/mol. The van der Waals surface area contributed by atoms with Gasteiger partial charge < -0.3 is 21.3 Å². The first-order chi connectivity index (χ1) is 9.60. The molecular formula is C15H16N2O3. The van der Waals surface area contributed by atoms with E-state index in [0.29, 0.717) is 12.2 Å². The van der Waals surface area contributed by atoms with Gasteiger partial charge in [0.25, 0.3) is 5.91 Å². The van der Waals surface area contributed by atoms with Gasteiger partial charge in [0, 0.05) is 11.3 Å². The minimum absolute atomic E-state index is 0.257. The zero-order chi connectivity index (χ0) is 14.5. The smallest absolute Gasteiger partial charge is 0.255 e. The van der Waals surface area contributed by atoms with Crippen LogP contribution in [0.5, 0.6) is 11.5 Å². The van der Waals surface area contributed by atoms with Crippen molar-refractivity contribution in [2.45, 2.75) is 6.42 Å². The van der Waals surface area contributed by atoms with Crippen molar-refractivity contribution in [3.63, 3.8) is 0 Å². The van der Waals surface area contributed by atoms with Crippen LogP contribution in [0, 0.1) is 0 Å². The second-order valence-corrected chi connectivity index (χ2v) is 4.39. The second kappa shape index (κ2) is 6.08. The van der Waals surface area contributed by atoms with Crippen LogP contribution in [0.15, 0.2) is 42.5 Å². The summed E-state index contributed by atoms with van der Waals surface area (Å²) in [6, 6.07) is 11.3. The molecule has 0 unspecified atom stereocenters. The van der Waals surface area contributed by atoms with Crippen LogP contribution in [-0.2, 0) is 6.42 Å². The highest BCUT2D eigenvalue weighted by Crippen LogP contribution is 2.25. The Morgan fingerprint density at radius 2 is 1.75 bits per heavy atom. The molecule has 0 bridgehead atoms. The molecule has 2 aromatic carbocycles. The van der Waals surface area contributed by atoms with Crippen molar-refractivity contribution in [3.05, 3.63) is 53.6 Å². The summed E-state index contributed by atoms with van der Waals surface area (Å²) in [5, 5.41) is 21.3. The number of hydrogen-bond acceptors (Lipinski definition) is 4. The van der Waals surface area contributed by atoms with Gasteiger partial charge in [-0.25, -0.2) is 0 Å². The van der Waals surface area contributed by atoms with E-state index >= 15 is 0 Å². The molecule has 5 nitrogen and oxygen atoms in total. The number of anilines is 1. The van der Waals surface area contributed by atoms with E-state index in [-0.39, 0.29) is 23.0 Å². The van der Waals surface area contributed by atoms with E-state index in [0.717, 1.165) is 12.0 Å². The van der Waals surface area contributed by atoms with Gasteiger partial charge >= 0.3 is 0 Å². The van der Waals surface area contributed by atoms with Gasteiger partial charge in [0.1, 0.15) is 0 Å². The molecule has 5 N–H and O–H groups in total. The van der Waals surface area contributed by atoms with Gasteiger partial charge in [0.05, 0.1) is 0 Å². The fraction of sp³-hybridized carbons (Fsp3) is 0.133. The third kappa shape index (κ3) is 3.27. The maximum atomic E-state index is 12.0. The summed E-state index contributed by atoms with van der Waals surface area (Å²) in [6.07, 6.45) is 0.792. The van der Waals surface area contributed by atoms with E-state index in [4.69, 9.17) is 5.73 Å². The summed E-state index contributed by atoms with van der Waals surface area (Å²) in [5.74, 6) is -0.935. The lowest BCUT2D eigenvalue weighted by Gasteiger charge is -2.07.